The van der Waals surface area contributed by atoms with Gasteiger partial charge in [0.25, 0.3) is 0 Å². The second-order valence-electron chi connectivity index (χ2n) is 5.09. The van der Waals surface area contributed by atoms with Crippen LogP contribution in [0.3, 0.4) is 0 Å². The maximum absolute atomic E-state index is 12.2. The van der Waals surface area contributed by atoms with E-state index in [1.165, 1.54) is 12.1 Å². The SMILES string of the molecule is CC(C)CC(NCc1ccc(SC(F)(F)F)cc1)C(=O)O. The summed E-state index contributed by atoms with van der Waals surface area (Å²) in [4.78, 5) is 11.2. The summed E-state index contributed by atoms with van der Waals surface area (Å²) in [5.41, 5.74) is -3.55. The van der Waals surface area contributed by atoms with Crippen LogP contribution in [-0.4, -0.2) is 22.6 Å². The normalized spacial score (nSPS) is 13.4. The number of aliphatic carboxylic acids is 1. The second-order valence-corrected chi connectivity index (χ2v) is 6.23. The fourth-order valence-electron chi connectivity index (χ4n) is 1.79. The number of carboxylic acids is 1. The maximum Gasteiger partial charge on any atom is 0.446 e. The Morgan fingerprint density at radius 3 is 2.29 bits per heavy atom. The minimum Gasteiger partial charge on any atom is -0.480 e. The molecule has 118 valence electrons. The van der Waals surface area contributed by atoms with Gasteiger partial charge >= 0.3 is 11.5 Å². The van der Waals surface area contributed by atoms with Crippen LogP contribution >= 0.6 is 11.8 Å². The van der Waals surface area contributed by atoms with E-state index in [9.17, 15) is 18.0 Å². The number of alkyl halides is 3. The van der Waals surface area contributed by atoms with Crippen molar-refractivity contribution in [3.05, 3.63) is 29.8 Å². The number of halogens is 3. The smallest absolute Gasteiger partial charge is 0.446 e. The van der Waals surface area contributed by atoms with Gasteiger partial charge < -0.3 is 10.4 Å². The Balaban J connectivity index is 2.57. The van der Waals surface area contributed by atoms with Crippen molar-refractivity contribution in [2.75, 3.05) is 0 Å². The van der Waals surface area contributed by atoms with Gasteiger partial charge in [0.2, 0.25) is 0 Å². The molecule has 0 amide bonds. The van der Waals surface area contributed by atoms with Crippen LogP contribution < -0.4 is 5.32 Å². The van der Waals surface area contributed by atoms with Gasteiger partial charge in [-0.25, -0.2) is 0 Å². The maximum atomic E-state index is 12.2. The molecule has 0 fully saturated rings. The molecule has 1 unspecified atom stereocenters. The van der Waals surface area contributed by atoms with E-state index in [2.05, 4.69) is 5.32 Å². The Hall–Kier alpha value is -1.21. The highest BCUT2D eigenvalue weighted by atomic mass is 32.2. The molecule has 0 bridgehead atoms. The van der Waals surface area contributed by atoms with Gasteiger partial charge in [-0.1, -0.05) is 26.0 Å². The van der Waals surface area contributed by atoms with Crippen molar-refractivity contribution in [3.8, 4) is 0 Å². The van der Waals surface area contributed by atoms with Gasteiger partial charge in [-0.2, -0.15) is 13.2 Å². The van der Waals surface area contributed by atoms with Crippen molar-refractivity contribution in [1.29, 1.82) is 0 Å². The van der Waals surface area contributed by atoms with Crippen molar-refractivity contribution in [1.82, 2.24) is 5.32 Å². The Bertz CT molecular complexity index is 460. The van der Waals surface area contributed by atoms with Gasteiger partial charge in [0.1, 0.15) is 6.04 Å². The number of hydrogen-bond acceptors (Lipinski definition) is 3. The van der Waals surface area contributed by atoms with Gasteiger partial charge in [0.05, 0.1) is 0 Å². The molecule has 0 saturated heterocycles. The molecule has 0 aliphatic rings. The number of nitrogens with one attached hydrogen (secondary N) is 1. The first-order valence-corrected chi connectivity index (χ1v) is 7.30. The first kappa shape index (κ1) is 17.8. The van der Waals surface area contributed by atoms with E-state index in [0.29, 0.717) is 13.0 Å². The molecule has 0 aliphatic heterocycles. The van der Waals surface area contributed by atoms with E-state index in [4.69, 9.17) is 5.11 Å². The van der Waals surface area contributed by atoms with Crippen molar-refractivity contribution in [2.45, 2.75) is 43.3 Å². The zero-order valence-electron chi connectivity index (χ0n) is 11.8. The number of carboxylic acid groups (broad SMARTS) is 1. The molecule has 1 rings (SSSR count). The fourth-order valence-corrected chi connectivity index (χ4v) is 2.33. The van der Waals surface area contributed by atoms with Crippen LogP contribution in [0.4, 0.5) is 13.2 Å². The van der Waals surface area contributed by atoms with Crippen LogP contribution in [0.25, 0.3) is 0 Å². The molecule has 1 aromatic rings. The summed E-state index contributed by atoms with van der Waals surface area (Å²) in [5.74, 6) is -0.683. The summed E-state index contributed by atoms with van der Waals surface area (Å²) in [6.07, 6.45) is 0.497. The van der Waals surface area contributed by atoms with Gasteiger partial charge in [0.15, 0.2) is 0 Å². The fraction of sp³-hybridized carbons (Fsp3) is 0.500. The minimum atomic E-state index is -4.30. The molecule has 3 nitrogen and oxygen atoms in total. The zero-order valence-corrected chi connectivity index (χ0v) is 12.6. The summed E-state index contributed by atoms with van der Waals surface area (Å²) in [6.45, 7) is 4.17. The number of thioether (sulfide) groups is 1. The average Bonchev–Trinajstić information content (AvgIpc) is 2.33. The topological polar surface area (TPSA) is 49.3 Å². The van der Waals surface area contributed by atoms with Crippen molar-refractivity contribution in [2.24, 2.45) is 5.92 Å². The summed E-state index contributed by atoms with van der Waals surface area (Å²) in [7, 11) is 0. The number of benzene rings is 1. The Kier molecular flexibility index (Phi) is 6.54. The molecule has 7 heteroatoms. The van der Waals surface area contributed by atoms with Gasteiger partial charge in [-0.3, -0.25) is 4.79 Å². The monoisotopic (exact) mass is 321 g/mol. The molecule has 0 saturated carbocycles. The van der Waals surface area contributed by atoms with E-state index in [-0.39, 0.29) is 22.6 Å². The predicted octanol–water partition coefficient (Wildman–Crippen LogP) is 3.89. The standard InChI is InChI=1S/C14H18F3NO2S/c1-9(2)7-12(13(19)20)18-8-10-3-5-11(6-4-10)21-14(15,16)17/h3-6,9,12,18H,7-8H2,1-2H3,(H,19,20). The minimum absolute atomic E-state index is 0.114. The lowest BCUT2D eigenvalue weighted by atomic mass is 10.0. The summed E-state index contributed by atoms with van der Waals surface area (Å²) in [6, 6.07) is 5.24. The van der Waals surface area contributed by atoms with Crippen LogP contribution in [0.5, 0.6) is 0 Å². The largest absolute Gasteiger partial charge is 0.480 e. The van der Waals surface area contributed by atoms with Crippen LogP contribution in [0, 0.1) is 5.92 Å². The Morgan fingerprint density at radius 2 is 1.86 bits per heavy atom. The third-order valence-electron chi connectivity index (χ3n) is 2.71. The molecule has 0 heterocycles. The molecule has 21 heavy (non-hydrogen) atoms. The first-order chi connectivity index (χ1) is 9.67. The predicted molar refractivity (Wildman–Crippen MR) is 76.1 cm³/mol. The Labute approximate surface area is 125 Å². The Morgan fingerprint density at radius 1 is 1.29 bits per heavy atom. The molecular formula is C14H18F3NO2S. The molecule has 0 radical (unpaired) electrons. The van der Waals surface area contributed by atoms with Crippen molar-refractivity contribution < 1.29 is 23.1 Å². The van der Waals surface area contributed by atoms with Crippen LogP contribution in [-0.2, 0) is 11.3 Å². The van der Waals surface area contributed by atoms with Gasteiger partial charge in [-0.05, 0) is 41.8 Å². The number of rotatable bonds is 7. The van der Waals surface area contributed by atoms with Gasteiger partial charge in [-0.15, -0.1) is 0 Å². The second kappa shape index (κ2) is 7.70. The third-order valence-corrected chi connectivity index (χ3v) is 3.45. The molecule has 0 aliphatic carbocycles. The summed E-state index contributed by atoms with van der Waals surface area (Å²) >= 11 is -0.167. The molecular weight excluding hydrogens is 303 g/mol. The van der Waals surface area contributed by atoms with Crippen molar-refractivity contribution in [3.63, 3.8) is 0 Å². The highest BCUT2D eigenvalue weighted by molar-refractivity contribution is 8.00. The molecule has 1 atom stereocenters. The average molecular weight is 321 g/mol. The summed E-state index contributed by atoms with van der Waals surface area (Å²) in [5, 5.41) is 12.0. The van der Waals surface area contributed by atoms with E-state index in [1.54, 1.807) is 12.1 Å². The molecule has 0 spiro atoms. The highest BCUT2D eigenvalue weighted by Gasteiger charge is 2.29. The van der Waals surface area contributed by atoms with E-state index in [0.717, 1.165) is 5.56 Å². The lowest BCUT2D eigenvalue weighted by Gasteiger charge is -2.16. The van der Waals surface area contributed by atoms with Gasteiger partial charge in [0, 0.05) is 11.4 Å². The molecule has 0 aromatic heterocycles. The van der Waals surface area contributed by atoms with Crippen molar-refractivity contribution >= 4 is 17.7 Å². The lowest BCUT2D eigenvalue weighted by Crippen LogP contribution is -2.37. The van der Waals surface area contributed by atoms with Crippen LogP contribution in [0.15, 0.2) is 29.2 Å². The highest BCUT2D eigenvalue weighted by Crippen LogP contribution is 2.36. The summed E-state index contributed by atoms with van der Waals surface area (Å²) < 4.78 is 36.6. The van der Waals surface area contributed by atoms with Crippen LogP contribution in [0.2, 0.25) is 0 Å². The number of hydrogen-bond donors (Lipinski definition) is 2. The third kappa shape index (κ3) is 7.38. The number of carbonyl (C=O) groups is 1. The van der Waals surface area contributed by atoms with Crippen LogP contribution in [0.1, 0.15) is 25.8 Å². The first-order valence-electron chi connectivity index (χ1n) is 6.48. The lowest BCUT2D eigenvalue weighted by molar-refractivity contribution is -0.140. The molecule has 2 N–H and O–H groups in total. The zero-order chi connectivity index (χ0) is 16.0. The molecule has 1 aromatic carbocycles. The quantitative estimate of drug-likeness (QED) is 0.748. The van der Waals surface area contributed by atoms with E-state index < -0.39 is 17.5 Å². The van der Waals surface area contributed by atoms with E-state index >= 15 is 0 Å². The van der Waals surface area contributed by atoms with E-state index in [1.807, 2.05) is 13.8 Å².